The average Bonchev–Trinajstić information content (AvgIpc) is 2.72. The summed E-state index contributed by atoms with van der Waals surface area (Å²) < 4.78 is 10.7. The second-order valence-corrected chi connectivity index (χ2v) is 5.95. The van der Waals surface area contributed by atoms with Crippen molar-refractivity contribution in [2.45, 2.75) is 6.61 Å². The van der Waals surface area contributed by atoms with Gasteiger partial charge < -0.3 is 14.4 Å². The molecule has 1 saturated heterocycles. The zero-order valence-corrected chi connectivity index (χ0v) is 14.5. The number of anilines is 1. The Hall–Kier alpha value is -3.44. The van der Waals surface area contributed by atoms with Crippen molar-refractivity contribution in [2.24, 2.45) is 0 Å². The number of carbonyl (C=O) groups is 1. The lowest BCUT2D eigenvalue weighted by Gasteiger charge is -2.30. The molecule has 0 aliphatic carbocycles. The molecular formula is C19H17N3O5. The number of hydrogen-bond donors (Lipinski definition) is 0. The standard InChI is InChI=1S/C19H17N3O5/c20-12-14-2-1-3-15(10-14)13-27-19(23)17-11-16(22(24)25)4-5-18(17)21-6-8-26-9-7-21/h1-5,10-11H,6-9,13H2. The van der Waals surface area contributed by atoms with E-state index in [1.807, 2.05) is 11.0 Å². The number of non-ortho nitro benzene ring substituents is 1. The zero-order valence-electron chi connectivity index (χ0n) is 14.5. The van der Waals surface area contributed by atoms with Gasteiger partial charge in [0.1, 0.15) is 6.61 Å². The van der Waals surface area contributed by atoms with E-state index in [2.05, 4.69) is 0 Å². The molecule has 138 valence electrons. The van der Waals surface area contributed by atoms with Gasteiger partial charge in [-0.25, -0.2) is 4.79 Å². The first-order valence-corrected chi connectivity index (χ1v) is 8.36. The summed E-state index contributed by atoms with van der Waals surface area (Å²) in [6, 6.07) is 12.9. The minimum atomic E-state index is -0.650. The summed E-state index contributed by atoms with van der Waals surface area (Å²) >= 11 is 0. The first kappa shape index (κ1) is 18.4. The molecule has 0 N–H and O–H groups in total. The van der Waals surface area contributed by atoms with Crippen molar-refractivity contribution in [3.63, 3.8) is 0 Å². The van der Waals surface area contributed by atoms with E-state index in [0.717, 1.165) is 0 Å². The molecule has 2 aromatic carbocycles. The highest BCUT2D eigenvalue weighted by atomic mass is 16.6. The predicted molar refractivity (Wildman–Crippen MR) is 96.4 cm³/mol. The number of morpholine rings is 1. The van der Waals surface area contributed by atoms with Crippen molar-refractivity contribution < 1.29 is 19.2 Å². The lowest BCUT2D eigenvalue weighted by Crippen LogP contribution is -2.37. The van der Waals surface area contributed by atoms with E-state index in [4.69, 9.17) is 14.7 Å². The van der Waals surface area contributed by atoms with Crippen LogP contribution in [0.15, 0.2) is 42.5 Å². The number of nitro groups is 1. The van der Waals surface area contributed by atoms with E-state index < -0.39 is 10.9 Å². The number of esters is 1. The SMILES string of the molecule is N#Cc1cccc(COC(=O)c2cc([N+](=O)[O-])ccc2N2CCOCC2)c1. The van der Waals surface area contributed by atoms with Crippen molar-refractivity contribution in [3.05, 3.63) is 69.3 Å². The van der Waals surface area contributed by atoms with E-state index in [0.29, 0.717) is 43.1 Å². The number of nitro benzene ring substituents is 1. The molecule has 1 aliphatic heterocycles. The normalized spacial score (nSPS) is 13.7. The Morgan fingerprint density at radius 3 is 2.74 bits per heavy atom. The fourth-order valence-electron chi connectivity index (χ4n) is 2.84. The van der Waals surface area contributed by atoms with Crippen LogP contribution in [-0.2, 0) is 16.1 Å². The molecule has 0 atom stereocenters. The summed E-state index contributed by atoms with van der Waals surface area (Å²) in [6.45, 7) is 2.18. The molecule has 0 saturated carbocycles. The predicted octanol–water partition coefficient (Wildman–Crippen LogP) is 2.66. The van der Waals surface area contributed by atoms with Crippen molar-refractivity contribution in [1.29, 1.82) is 5.26 Å². The van der Waals surface area contributed by atoms with Gasteiger partial charge in [0.2, 0.25) is 0 Å². The maximum absolute atomic E-state index is 12.6. The van der Waals surface area contributed by atoms with Crippen LogP contribution in [0.25, 0.3) is 0 Å². The Bertz CT molecular complexity index is 900. The molecule has 2 aromatic rings. The van der Waals surface area contributed by atoms with E-state index >= 15 is 0 Å². The van der Waals surface area contributed by atoms with E-state index in [1.54, 1.807) is 30.3 Å². The number of hydrogen-bond acceptors (Lipinski definition) is 7. The zero-order chi connectivity index (χ0) is 19.2. The van der Waals surface area contributed by atoms with Gasteiger partial charge in [0.05, 0.1) is 41.0 Å². The van der Waals surface area contributed by atoms with E-state index in [-0.39, 0.29) is 17.9 Å². The first-order valence-electron chi connectivity index (χ1n) is 8.36. The molecule has 8 heteroatoms. The Morgan fingerprint density at radius 1 is 1.26 bits per heavy atom. The fraction of sp³-hybridized carbons (Fsp3) is 0.263. The summed E-state index contributed by atoms with van der Waals surface area (Å²) in [6.07, 6.45) is 0. The summed E-state index contributed by atoms with van der Waals surface area (Å²) in [7, 11) is 0. The number of rotatable bonds is 5. The highest BCUT2D eigenvalue weighted by molar-refractivity contribution is 5.96. The number of nitrogens with zero attached hydrogens (tertiary/aromatic N) is 3. The Kier molecular flexibility index (Phi) is 5.64. The topological polar surface area (TPSA) is 106 Å². The van der Waals surface area contributed by atoms with Gasteiger partial charge in [0.25, 0.3) is 5.69 Å². The first-order chi connectivity index (χ1) is 13.1. The van der Waals surface area contributed by atoms with Gasteiger partial charge in [-0.3, -0.25) is 10.1 Å². The number of carbonyl (C=O) groups excluding carboxylic acids is 1. The third-order valence-electron chi connectivity index (χ3n) is 4.19. The van der Waals surface area contributed by atoms with Crippen LogP contribution in [0.1, 0.15) is 21.5 Å². The minimum Gasteiger partial charge on any atom is -0.457 e. The maximum atomic E-state index is 12.6. The smallest absolute Gasteiger partial charge is 0.340 e. The lowest BCUT2D eigenvalue weighted by atomic mass is 10.1. The maximum Gasteiger partial charge on any atom is 0.340 e. The Balaban J connectivity index is 1.83. The van der Waals surface area contributed by atoms with Gasteiger partial charge in [-0.2, -0.15) is 5.26 Å². The molecule has 0 amide bonds. The van der Waals surface area contributed by atoms with Crippen LogP contribution >= 0.6 is 0 Å². The van der Waals surface area contributed by atoms with Crippen LogP contribution in [0.4, 0.5) is 11.4 Å². The molecule has 0 bridgehead atoms. The summed E-state index contributed by atoms with van der Waals surface area (Å²) in [5.74, 6) is -0.650. The molecule has 0 unspecified atom stereocenters. The number of benzene rings is 2. The molecule has 0 spiro atoms. The molecule has 0 aromatic heterocycles. The lowest BCUT2D eigenvalue weighted by molar-refractivity contribution is -0.384. The number of nitriles is 1. The molecule has 1 aliphatic rings. The van der Waals surface area contributed by atoms with E-state index in [1.165, 1.54) is 12.1 Å². The molecule has 1 heterocycles. The molecule has 27 heavy (non-hydrogen) atoms. The minimum absolute atomic E-state index is 0.0282. The number of ether oxygens (including phenoxy) is 2. The van der Waals surface area contributed by atoms with Gasteiger partial charge in [-0.05, 0) is 23.8 Å². The van der Waals surface area contributed by atoms with Crippen molar-refractivity contribution in [1.82, 2.24) is 0 Å². The van der Waals surface area contributed by atoms with Gasteiger partial charge in [-0.15, -0.1) is 0 Å². The molecule has 1 fully saturated rings. The summed E-state index contributed by atoms with van der Waals surface area (Å²) in [5.41, 5.74) is 1.68. The van der Waals surface area contributed by atoms with Crippen LogP contribution in [0.5, 0.6) is 0 Å². The van der Waals surface area contributed by atoms with Crippen molar-refractivity contribution >= 4 is 17.3 Å². The Labute approximate surface area is 155 Å². The van der Waals surface area contributed by atoms with Crippen LogP contribution in [0.3, 0.4) is 0 Å². The van der Waals surface area contributed by atoms with Crippen LogP contribution < -0.4 is 4.90 Å². The molecule has 3 rings (SSSR count). The van der Waals surface area contributed by atoms with E-state index in [9.17, 15) is 14.9 Å². The van der Waals surface area contributed by atoms with Crippen LogP contribution in [0, 0.1) is 21.4 Å². The van der Waals surface area contributed by atoms with Crippen molar-refractivity contribution in [2.75, 3.05) is 31.2 Å². The second kappa shape index (κ2) is 8.29. The van der Waals surface area contributed by atoms with Crippen LogP contribution in [0.2, 0.25) is 0 Å². The monoisotopic (exact) mass is 367 g/mol. The third kappa shape index (κ3) is 4.40. The van der Waals surface area contributed by atoms with Crippen LogP contribution in [-0.4, -0.2) is 37.2 Å². The largest absolute Gasteiger partial charge is 0.457 e. The molecule has 8 nitrogen and oxygen atoms in total. The Morgan fingerprint density at radius 2 is 2.04 bits per heavy atom. The molecule has 0 radical (unpaired) electrons. The summed E-state index contributed by atoms with van der Waals surface area (Å²) in [5, 5.41) is 20.0. The van der Waals surface area contributed by atoms with Gasteiger partial charge in [0.15, 0.2) is 0 Å². The average molecular weight is 367 g/mol. The van der Waals surface area contributed by atoms with Gasteiger partial charge in [-0.1, -0.05) is 12.1 Å². The van der Waals surface area contributed by atoms with Crippen molar-refractivity contribution in [3.8, 4) is 6.07 Å². The highest BCUT2D eigenvalue weighted by Crippen LogP contribution is 2.27. The molecular weight excluding hydrogens is 350 g/mol. The summed E-state index contributed by atoms with van der Waals surface area (Å²) in [4.78, 5) is 25.1. The quantitative estimate of drug-likeness (QED) is 0.454. The fourth-order valence-corrected chi connectivity index (χ4v) is 2.84. The third-order valence-corrected chi connectivity index (χ3v) is 4.19. The van der Waals surface area contributed by atoms with Gasteiger partial charge >= 0.3 is 5.97 Å². The second-order valence-electron chi connectivity index (χ2n) is 5.95. The van der Waals surface area contributed by atoms with Gasteiger partial charge in [0, 0.05) is 25.2 Å². The highest BCUT2D eigenvalue weighted by Gasteiger charge is 2.23.